The van der Waals surface area contributed by atoms with Gasteiger partial charge in [0.15, 0.2) is 5.11 Å². The molecule has 128 valence electrons. The predicted molar refractivity (Wildman–Crippen MR) is 111 cm³/mol. The highest BCUT2D eigenvalue weighted by atomic mass is 35.5. The molecule has 0 aliphatic carbocycles. The van der Waals surface area contributed by atoms with E-state index in [2.05, 4.69) is 10.6 Å². The van der Waals surface area contributed by atoms with Crippen molar-refractivity contribution in [3.05, 3.63) is 62.4 Å². The highest BCUT2D eigenvalue weighted by Crippen LogP contribution is 2.36. The third kappa shape index (κ3) is 3.80. The van der Waals surface area contributed by atoms with E-state index >= 15 is 0 Å². The number of thiophene rings is 1. The Balaban J connectivity index is 1.79. The topological polar surface area (TPSA) is 41.1 Å². The smallest absolute Gasteiger partial charge is 0.269 e. The summed E-state index contributed by atoms with van der Waals surface area (Å²) in [4.78, 5) is 12.9. The van der Waals surface area contributed by atoms with Gasteiger partial charge in [-0.25, -0.2) is 0 Å². The zero-order valence-electron chi connectivity index (χ0n) is 13.4. The number of anilines is 1. The van der Waals surface area contributed by atoms with Crippen LogP contribution in [-0.2, 0) is 0 Å². The number of aryl methyl sites for hydroxylation is 1. The van der Waals surface area contributed by atoms with Crippen LogP contribution in [0.15, 0.2) is 36.4 Å². The highest BCUT2D eigenvalue weighted by molar-refractivity contribution is 7.80. The van der Waals surface area contributed by atoms with Crippen LogP contribution in [-0.4, -0.2) is 11.0 Å². The molecule has 3 aromatic rings. The van der Waals surface area contributed by atoms with Gasteiger partial charge < -0.3 is 5.32 Å². The monoisotopic (exact) mass is 408 g/mol. The van der Waals surface area contributed by atoms with E-state index in [1.54, 1.807) is 18.2 Å². The first-order chi connectivity index (χ1) is 11.9. The van der Waals surface area contributed by atoms with Crippen molar-refractivity contribution in [2.75, 3.05) is 5.32 Å². The maximum Gasteiger partial charge on any atom is 0.269 e. The lowest BCUT2D eigenvalue weighted by molar-refractivity contribution is 0.0982. The molecule has 3 rings (SSSR count). The van der Waals surface area contributed by atoms with Crippen LogP contribution in [0.25, 0.3) is 10.1 Å². The average Bonchev–Trinajstić information content (AvgIpc) is 2.88. The summed E-state index contributed by atoms with van der Waals surface area (Å²) in [6.07, 6.45) is 0. The van der Waals surface area contributed by atoms with E-state index in [1.165, 1.54) is 11.3 Å². The van der Waals surface area contributed by atoms with Crippen LogP contribution in [0.5, 0.6) is 0 Å². The molecule has 3 nitrogen and oxygen atoms in total. The second-order valence-corrected chi connectivity index (χ2v) is 7.82. The zero-order valence-corrected chi connectivity index (χ0v) is 16.6. The second kappa shape index (κ2) is 7.30. The first-order valence-corrected chi connectivity index (χ1v) is 9.41. The van der Waals surface area contributed by atoms with Gasteiger partial charge in [-0.1, -0.05) is 41.4 Å². The van der Waals surface area contributed by atoms with Crippen LogP contribution in [0, 0.1) is 13.8 Å². The first-order valence-electron chi connectivity index (χ1n) is 7.43. The maximum atomic E-state index is 12.5. The minimum Gasteiger partial charge on any atom is -0.332 e. The first kappa shape index (κ1) is 18.1. The van der Waals surface area contributed by atoms with E-state index < -0.39 is 0 Å². The number of rotatable bonds is 2. The van der Waals surface area contributed by atoms with Crippen molar-refractivity contribution in [1.82, 2.24) is 5.32 Å². The van der Waals surface area contributed by atoms with E-state index in [9.17, 15) is 4.79 Å². The van der Waals surface area contributed by atoms with Crippen molar-refractivity contribution < 1.29 is 4.79 Å². The van der Waals surface area contributed by atoms with Gasteiger partial charge in [-0.3, -0.25) is 10.1 Å². The molecule has 1 heterocycles. The van der Waals surface area contributed by atoms with E-state index in [-0.39, 0.29) is 11.0 Å². The summed E-state index contributed by atoms with van der Waals surface area (Å²) in [5.41, 5.74) is 3.08. The molecule has 2 aromatic carbocycles. The number of halogens is 2. The Morgan fingerprint density at radius 3 is 2.68 bits per heavy atom. The molecular weight excluding hydrogens is 395 g/mol. The standard InChI is InChI=1S/C18H14Cl2N2OS2/c1-9-4-3-5-13(10(9)2)21-18(24)22-17(23)16-15(20)12-7-6-11(19)8-14(12)25-16/h3-8H,1-2H3,(H2,21,22,23,24). The quantitative estimate of drug-likeness (QED) is 0.514. The molecule has 0 atom stereocenters. The molecule has 1 amide bonds. The number of amides is 1. The minimum absolute atomic E-state index is 0.227. The minimum atomic E-state index is -0.342. The van der Waals surface area contributed by atoms with Gasteiger partial charge in [0.2, 0.25) is 0 Å². The molecule has 0 aliphatic heterocycles. The zero-order chi connectivity index (χ0) is 18.1. The van der Waals surface area contributed by atoms with Crippen LogP contribution in [0.1, 0.15) is 20.8 Å². The average molecular weight is 409 g/mol. The predicted octanol–water partition coefficient (Wildman–Crippen LogP) is 5.95. The molecule has 1 aromatic heterocycles. The fraction of sp³-hybridized carbons (Fsp3) is 0.111. The van der Waals surface area contributed by atoms with Crippen molar-refractivity contribution in [1.29, 1.82) is 0 Å². The molecule has 0 aliphatic rings. The summed E-state index contributed by atoms with van der Waals surface area (Å²) >= 11 is 18.9. The number of hydrogen-bond donors (Lipinski definition) is 2. The van der Waals surface area contributed by atoms with Gasteiger partial charge in [0.05, 0.1) is 5.02 Å². The summed E-state index contributed by atoms with van der Waals surface area (Å²) in [5.74, 6) is -0.342. The Morgan fingerprint density at radius 2 is 1.92 bits per heavy atom. The van der Waals surface area contributed by atoms with E-state index in [0.717, 1.165) is 26.9 Å². The normalized spacial score (nSPS) is 10.7. The Labute approximate surface area is 164 Å². The van der Waals surface area contributed by atoms with Crippen LogP contribution >= 0.6 is 46.8 Å². The summed E-state index contributed by atoms with van der Waals surface area (Å²) in [7, 11) is 0. The number of carbonyl (C=O) groups is 1. The summed E-state index contributed by atoms with van der Waals surface area (Å²) < 4.78 is 0.857. The van der Waals surface area contributed by atoms with Gasteiger partial charge in [-0.2, -0.15) is 0 Å². The lowest BCUT2D eigenvalue weighted by atomic mass is 10.1. The fourth-order valence-corrected chi connectivity index (χ4v) is 4.28. The summed E-state index contributed by atoms with van der Waals surface area (Å²) in [6, 6.07) is 11.2. The van der Waals surface area contributed by atoms with Crippen molar-refractivity contribution in [3.63, 3.8) is 0 Å². The van der Waals surface area contributed by atoms with Crippen LogP contribution in [0.4, 0.5) is 5.69 Å². The highest BCUT2D eigenvalue weighted by Gasteiger charge is 2.18. The molecular formula is C18H14Cl2N2OS2. The maximum absolute atomic E-state index is 12.5. The Kier molecular flexibility index (Phi) is 5.29. The number of nitrogens with one attached hydrogen (secondary N) is 2. The van der Waals surface area contributed by atoms with Crippen LogP contribution in [0.3, 0.4) is 0 Å². The third-order valence-corrected chi connectivity index (χ3v) is 5.97. The van der Waals surface area contributed by atoms with Gasteiger partial charge in [0.1, 0.15) is 4.88 Å². The Bertz CT molecular complexity index is 998. The van der Waals surface area contributed by atoms with Crippen molar-refractivity contribution >= 4 is 73.5 Å². The van der Waals surface area contributed by atoms with Gasteiger partial charge in [0, 0.05) is 20.8 Å². The largest absolute Gasteiger partial charge is 0.332 e. The van der Waals surface area contributed by atoms with Crippen LogP contribution < -0.4 is 10.6 Å². The lowest BCUT2D eigenvalue weighted by Crippen LogP contribution is -2.34. The molecule has 2 N–H and O–H groups in total. The van der Waals surface area contributed by atoms with Crippen LogP contribution in [0.2, 0.25) is 10.0 Å². The van der Waals surface area contributed by atoms with Gasteiger partial charge in [0.25, 0.3) is 5.91 Å². The molecule has 0 bridgehead atoms. The number of carbonyl (C=O) groups excluding carboxylic acids is 1. The van der Waals surface area contributed by atoms with E-state index in [0.29, 0.717) is 14.9 Å². The van der Waals surface area contributed by atoms with Gasteiger partial charge in [-0.15, -0.1) is 11.3 Å². The third-order valence-electron chi connectivity index (χ3n) is 3.88. The SMILES string of the molecule is Cc1cccc(NC(=S)NC(=O)c2sc3cc(Cl)ccc3c2Cl)c1C. The van der Waals surface area contributed by atoms with E-state index in [4.69, 9.17) is 35.4 Å². The molecule has 0 fully saturated rings. The summed E-state index contributed by atoms with van der Waals surface area (Å²) in [6.45, 7) is 4.01. The fourth-order valence-electron chi connectivity index (χ4n) is 2.38. The van der Waals surface area contributed by atoms with Crippen molar-refractivity contribution in [2.24, 2.45) is 0 Å². The van der Waals surface area contributed by atoms with Crippen molar-refractivity contribution in [3.8, 4) is 0 Å². The number of fused-ring (bicyclic) bond motifs is 1. The molecule has 0 spiro atoms. The summed E-state index contributed by atoms with van der Waals surface area (Å²) in [5, 5.41) is 7.77. The molecule has 7 heteroatoms. The Hall–Kier alpha value is -1.66. The van der Waals surface area contributed by atoms with E-state index in [1.807, 2.05) is 32.0 Å². The number of hydrogen-bond acceptors (Lipinski definition) is 3. The second-order valence-electron chi connectivity index (χ2n) is 5.54. The lowest BCUT2D eigenvalue weighted by Gasteiger charge is -2.12. The molecule has 0 saturated heterocycles. The molecule has 0 radical (unpaired) electrons. The van der Waals surface area contributed by atoms with Gasteiger partial charge in [-0.05, 0) is 55.4 Å². The van der Waals surface area contributed by atoms with Gasteiger partial charge >= 0.3 is 0 Å². The number of benzene rings is 2. The van der Waals surface area contributed by atoms with Crippen molar-refractivity contribution in [2.45, 2.75) is 13.8 Å². The number of thiocarbonyl (C=S) groups is 1. The molecule has 25 heavy (non-hydrogen) atoms. The Morgan fingerprint density at radius 1 is 1.16 bits per heavy atom. The molecule has 0 unspecified atom stereocenters. The molecule has 0 saturated carbocycles.